The second-order valence-electron chi connectivity index (χ2n) is 3.76. The van der Waals surface area contributed by atoms with Gasteiger partial charge in [0.05, 0.1) is 6.07 Å². The summed E-state index contributed by atoms with van der Waals surface area (Å²) in [6, 6.07) is 5.89. The molecule has 0 saturated carbocycles. The third-order valence-electron chi connectivity index (χ3n) is 2.77. The normalized spacial score (nSPS) is 10.5. The molecule has 0 amide bonds. The number of rotatable bonds is 2. The third kappa shape index (κ3) is 1.87. The van der Waals surface area contributed by atoms with Gasteiger partial charge < -0.3 is 4.42 Å². The van der Waals surface area contributed by atoms with E-state index in [1.54, 1.807) is 19.9 Å². The fraction of sp³-hybridized carbons (Fsp3) is 0.167. The van der Waals surface area contributed by atoms with Crippen molar-refractivity contribution in [3.8, 4) is 17.1 Å². The summed E-state index contributed by atoms with van der Waals surface area (Å²) in [5.74, 6) is 0.0489. The Morgan fingerprint density at radius 2 is 1.82 bits per heavy atom. The van der Waals surface area contributed by atoms with Crippen molar-refractivity contribution >= 4 is 5.88 Å². The van der Waals surface area contributed by atoms with E-state index < -0.39 is 4.92 Å². The first-order valence-electron chi connectivity index (χ1n) is 5.02. The van der Waals surface area contributed by atoms with Crippen LogP contribution in [0.1, 0.15) is 11.1 Å². The van der Waals surface area contributed by atoms with Gasteiger partial charge in [0.2, 0.25) is 0 Å². The molecule has 0 atom stereocenters. The maximum Gasteiger partial charge on any atom is 0.433 e. The lowest BCUT2D eigenvalue weighted by molar-refractivity contribution is -0.401. The van der Waals surface area contributed by atoms with Gasteiger partial charge in [-0.05, 0) is 43.2 Å². The lowest BCUT2D eigenvalue weighted by Crippen LogP contribution is -1.86. The van der Waals surface area contributed by atoms with Crippen molar-refractivity contribution in [1.29, 1.82) is 0 Å². The standard InChI is InChI=1S/C12H10NO4/c1-7-8(2)10(14)4-3-9(7)11-5-6-12(17-11)13(15)16/h3-6H,1-2H3. The van der Waals surface area contributed by atoms with E-state index >= 15 is 0 Å². The van der Waals surface area contributed by atoms with Crippen LogP contribution in [0, 0.1) is 24.0 Å². The van der Waals surface area contributed by atoms with Crippen molar-refractivity contribution in [2.45, 2.75) is 13.8 Å². The van der Waals surface area contributed by atoms with Gasteiger partial charge in [0.1, 0.15) is 10.7 Å². The highest BCUT2D eigenvalue weighted by molar-refractivity contribution is 5.66. The fourth-order valence-electron chi connectivity index (χ4n) is 1.63. The Bertz CT molecular complexity index is 586. The van der Waals surface area contributed by atoms with E-state index in [0.717, 1.165) is 5.56 Å². The van der Waals surface area contributed by atoms with Crippen LogP contribution in [0.15, 0.2) is 28.7 Å². The number of nitrogens with zero attached hydrogens (tertiary/aromatic N) is 1. The Kier molecular flexibility index (Phi) is 2.59. The van der Waals surface area contributed by atoms with E-state index in [4.69, 9.17) is 4.42 Å². The van der Waals surface area contributed by atoms with Crippen LogP contribution in [-0.4, -0.2) is 4.92 Å². The molecule has 1 aromatic carbocycles. The van der Waals surface area contributed by atoms with E-state index in [9.17, 15) is 15.2 Å². The van der Waals surface area contributed by atoms with Crippen LogP contribution >= 0.6 is 0 Å². The zero-order chi connectivity index (χ0) is 12.6. The number of benzene rings is 1. The predicted octanol–water partition coefficient (Wildman–Crippen LogP) is 3.62. The molecule has 2 aromatic rings. The molecule has 5 nitrogen and oxygen atoms in total. The summed E-state index contributed by atoms with van der Waals surface area (Å²) in [5.41, 5.74) is 2.11. The average Bonchev–Trinajstić information content (AvgIpc) is 2.75. The predicted molar refractivity (Wildman–Crippen MR) is 60.4 cm³/mol. The molecule has 17 heavy (non-hydrogen) atoms. The molecule has 0 bridgehead atoms. The van der Waals surface area contributed by atoms with Crippen molar-refractivity contribution < 1.29 is 14.4 Å². The number of nitro groups is 1. The van der Waals surface area contributed by atoms with Gasteiger partial charge in [-0.25, -0.2) is 0 Å². The molecule has 1 aromatic heterocycles. The second-order valence-corrected chi connectivity index (χ2v) is 3.76. The molecule has 0 N–H and O–H groups in total. The van der Waals surface area contributed by atoms with Crippen LogP contribution in [0.25, 0.3) is 11.3 Å². The lowest BCUT2D eigenvalue weighted by Gasteiger charge is -2.05. The maximum atomic E-state index is 11.4. The van der Waals surface area contributed by atoms with E-state index in [2.05, 4.69) is 0 Å². The summed E-state index contributed by atoms with van der Waals surface area (Å²) < 4.78 is 5.11. The molecule has 2 rings (SSSR count). The van der Waals surface area contributed by atoms with Crippen LogP contribution in [0.5, 0.6) is 5.75 Å². The van der Waals surface area contributed by atoms with Crippen molar-refractivity contribution in [3.05, 3.63) is 45.5 Å². The van der Waals surface area contributed by atoms with Crippen LogP contribution in [0.2, 0.25) is 0 Å². The lowest BCUT2D eigenvalue weighted by atomic mass is 10.0. The van der Waals surface area contributed by atoms with Crippen LogP contribution in [0.3, 0.4) is 0 Å². The minimum atomic E-state index is -0.590. The molecule has 1 radical (unpaired) electrons. The molecule has 0 unspecified atom stereocenters. The van der Waals surface area contributed by atoms with E-state index in [1.165, 1.54) is 18.2 Å². The molecule has 0 aliphatic heterocycles. The Labute approximate surface area is 97.5 Å². The molecule has 1 heterocycles. The molecular formula is C12H10NO4. The van der Waals surface area contributed by atoms with Crippen LogP contribution < -0.4 is 0 Å². The monoisotopic (exact) mass is 232 g/mol. The van der Waals surface area contributed by atoms with Gasteiger partial charge in [0.25, 0.3) is 0 Å². The number of hydrogen-bond acceptors (Lipinski definition) is 3. The summed E-state index contributed by atoms with van der Waals surface area (Å²) in [6.45, 7) is 3.51. The molecule has 0 spiro atoms. The second kappa shape index (κ2) is 3.93. The van der Waals surface area contributed by atoms with Crippen LogP contribution in [0.4, 0.5) is 5.88 Å². The van der Waals surface area contributed by atoms with E-state index in [1.807, 2.05) is 0 Å². The van der Waals surface area contributed by atoms with E-state index in [0.29, 0.717) is 16.9 Å². The van der Waals surface area contributed by atoms with Gasteiger partial charge in [-0.15, -0.1) is 0 Å². The Balaban J connectivity index is 2.53. The van der Waals surface area contributed by atoms with Crippen molar-refractivity contribution in [1.82, 2.24) is 0 Å². The largest absolute Gasteiger partial charge is 0.433 e. The summed E-state index contributed by atoms with van der Waals surface area (Å²) >= 11 is 0. The zero-order valence-corrected chi connectivity index (χ0v) is 9.39. The minimum absolute atomic E-state index is 0.0488. The molecular weight excluding hydrogens is 222 g/mol. The van der Waals surface area contributed by atoms with Gasteiger partial charge >= 0.3 is 5.88 Å². The van der Waals surface area contributed by atoms with E-state index in [-0.39, 0.29) is 11.6 Å². The topological polar surface area (TPSA) is 76.2 Å². The average molecular weight is 232 g/mol. The quantitative estimate of drug-likeness (QED) is 0.586. The number of furan rings is 1. The Hall–Kier alpha value is -2.30. The Morgan fingerprint density at radius 3 is 2.41 bits per heavy atom. The smallest absolute Gasteiger partial charge is 0.401 e. The highest BCUT2D eigenvalue weighted by atomic mass is 16.6. The molecule has 87 valence electrons. The van der Waals surface area contributed by atoms with Gasteiger partial charge in [-0.2, -0.15) is 0 Å². The highest BCUT2D eigenvalue weighted by Gasteiger charge is 2.16. The van der Waals surface area contributed by atoms with Crippen LogP contribution in [-0.2, 0) is 5.11 Å². The molecule has 0 fully saturated rings. The fourth-order valence-corrected chi connectivity index (χ4v) is 1.63. The molecule has 0 aliphatic rings. The highest BCUT2D eigenvalue weighted by Crippen LogP contribution is 2.33. The van der Waals surface area contributed by atoms with Gasteiger partial charge in [-0.1, -0.05) is 0 Å². The maximum absolute atomic E-state index is 11.4. The van der Waals surface area contributed by atoms with Crippen molar-refractivity contribution in [2.75, 3.05) is 0 Å². The molecule has 5 heteroatoms. The van der Waals surface area contributed by atoms with Crippen molar-refractivity contribution in [3.63, 3.8) is 0 Å². The first-order chi connectivity index (χ1) is 8.00. The first kappa shape index (κ1) is 11.2. The molecule has 0 aliphatic carbocycles. The Morgan fingerprint density at radius 1 is 1.12 bits per heavy atom. The minimum Gasteiger partial charge on any atom is -0.401 e. The summed E-state index contributed by atoms with van der Waals surface area (Å²) in [4.78, 5) is 9.92. The van der Waals surface area contributed by atoms with Gasteiger partial charge in [-0.3, -0.25) is 15.2 Å². The van der Waals surface area contributed by atoms with Gasteiger partial charge in [0, 0.05) is 5.56 Å². The summed E-state index contributed by atoms with van der Waals surface area (Å²) in [5, 5.41) is 21.9. The molecule has 0 saturated heterocycles. The zero-order valence-electron chi connectivity index (χ0n) is 9.39. The first-order valence-corrected chi connectivity index (χ1v) is 5.02. The SMILES string of the molecule is Cc1c([O])ccc(-c2ccc([N+](=O)[O-])o2)c1C. The van der Waals surface area contributed by atoms with Crippen molar-refractivity contribution in [2.24, 2.45) is 0 Å². The summed E-state index contributed by atoms with van der Waals surface area (Å²) in [7, 11) is 0. The summed E-state index contributed by atoms with van der Waals surface area (Å²) in [6.07, 6.45) is 0. The third-order valence-corrected chi connectivity index (χ3v) is 2.77. The number of hydrogen-bond donors (Lipinski definition) is 0. The van der Waals surface area contributed by atoms with Gasteiger partial charge in [0.15, 0.2) is 5.75 Å².